The van der Waals surface area contributed by atoms with Crippen molar-refractivity contribution in [2.45, 2.75) is 13.0 Å². The first-order chi connectivity index (χ1) is 10.1. The molecule has 2 aromatic carbocycles. The van der Waals surface area contributed by atoms with Gasteiger partial charge < -0.3 is 10.6 Å². The topological polar surface area (TPSA) is 29.3 Å². The molecule has 1 unspecified atom stereocenters. The van der Waals surface area contributed by atoms with Crippen LogP contribution in [0.15, 0.2) is 46.9 Å². The van der Waals surface area contributed by atoms with E-state index in [1.165, 1.54) is 12.1 Å². The molecule has 0 saturated heterocycles. The van der Waals surface area contributed by atoms with Gasteiger partial charge in [0.25, 0.3) is 0 Å². The van der Waals surface area contributed by atoms with Crippen molar-refractivity contribution >= 4 is 33.2 Å². The molecule has 0 aliphatic carbocycles. The molecule has 0 aliphatic rings. The number of nitrogens with zero attached hydrogens (tertiary/aromatic N) is 1. The SMILES string of the molecule is CCN(c1cccc(F)c1)C(CN)c1cc(Br)ccc1Cl. The van der Waals surface area contributed by atoms with Crippen molar-refractivity contribution in [3.63, 3.8) is 0 Å². The summed E-state index contributed by atoms with van der Waals surface area (Å²) in [6.07, 6.45) is 0. The minimum atomic E-state index is -0.262. The summed E-state index contributed by atoms with van der Waals surface area (Å²) in [4.78, 5) is 2.05. The zero-order valence-electron chi connectivity index (χ0n) is 11.7. The highest BCUT2D eigenvalue weighted by molar-refractivity contribution is 9.10. The summed E-state index contributed by atoms with van der Waals surface area (Å²) in [6, 6.07) is 12.1. The Kier molecular flexibility index (Phi) is 5.62. The second-order valence-electron chi connectivity index (χ2n) is 4.68. The lowest BCUT2D eigenvalue weighted by molar-refractivity contribution is 0.616. The van der Waals surface area contributed by atoms with E-state index in [1.807, 2.05) is 31.2 Å². The molecule has 0 amide bonds. The van der Waals surface area contributed by atoms with Crippen LogP contribution < -0.4 is 10.6 Å². The van der Waals surface area contributed by atoms with E-state index in [4.69, 9.17) is 17.3 Å². The molecule has 5 heteroatoms. The van der Waals surface area contributed by atoms with Crippen molar-refractivity contribution in [3.05, 3.63) is 63.3 Å². The van der Waals surface area contributed by atoms with Crippen LogP contribution in [0.5, 0.6) is 0 Å². The van der Waals surface area contributed by atoms with Gasteiger partial charge in [-0.25, -0.2) is 4.39 Å². The van der Waals surface area contributed by atoms with Crippen LogP contribution in [0.25, 0.3) is 0 Å². The fourth-order valence-electron chi connectivity index (χ4n) is 2.43. The molecule has 0 heterocycles. The predicted molar refractivity (Wildman–Crippen MR) is 90.4 cm³/mol. The summed E-state index contributed by atoms with van der Waals surface area (Å²) in [5.74, 6) is -0.262. The van der Waals surface area contributed by atoms with E-state index in [0.717, 1.165) is 15.7 Å². The van der Waals surface area contributed by atoms with Gasteiger partial charge in [0, 0.05) is 28.3 Å². The Balaban J connectivity index is 2.44. The van der Waals surface area contributed by atoms with Crippen LogP contribution in [0, 0.1) is 5.82 Å². The molecule has 0 bridgehead atoms. The van der Waals surface area contributed by atoms with Crippen LogP contribution in [0.1, 0.15) is 18.5 Å². The molecule has 0 aliphatic heterocycles. The number of hydrogen-bond acceptors (Lipinski definition) is 2. The van der Waals surface area contributed by atoms with E-state index in [9.17, 15) is 4.39 Å². The van der Waals surface area contributed by atoms with Crippen molar-refractivity contribution in [1.82, 2.24) is 0 Å². The van der Waals surface area contributed by atoms with Crippen LogP contribution in [0.2, 0.25) is 5.02 Å². The zero-order valence-corrected chi connectivity index (χ0v) is 14.0. The molecule has 0 spiro atoms. The van der Waals surface area contributed by atoms with Gasteiger partial charge in [0.1, 0.15) is 5.82 Å². The van der Waals surface area contributed by atoms with Gasteiger partial charge in [0.2, 0.25) is 0 Å². The molecule has 112 valence electrons. The van der Waals surface area contributed by atoms with Gasteiger partial charge in [-0.05, 0) is 48.9 Å². The van der Waals surface area contributed by atoms with Crippen molar-refractivity contribution in [1.29, 1.82) is 0 Å². The summed E-state index contributed by atoms with van der Waals surface area (Å²) >= 11 is 9.77. The first-order valence-electron chi connectivity index (χ1n) is 6.74. The minimum Gasteiger partial charge on any atom is -0.363 e. The number of likely N-dealkylation sites (N-methyl/N-ethyl adjacent to an activating group) is 1. The molecule has 2 N–H and O–H groups in total. The Morgan fingerprint density at radius 1 is 1.29 bits per heavy atom. The monoisotopic (exact) mass is 370 g/mol. The van der Waals surface area contributed by atoms with Crippen LogP contribution in [-0.2, 0) is 0 Å². The molecule has 21 heavy (non-hydrogen) atoms. The lowest BCUT2D eigenvalue weighted by Crippen LogP contribution is -2.34. The van der Waals surface area contributed by atoms with Crippen LogP contribution in [0.3, 0.4) is 0 Å². The van der Waals surface area contributed by atoms with Gasteiger partial charge in [0.05, 0.1) is 6.04 Å². The quantitative estimate of drug-likeness (QED) is 0.820. The lowest BCUT2D eigenvalue weighted by Gasteiger charge is -2.33. The highest BCUT2D eigenvalue weighted by Crippen LogP contribution is 2.32. The van der Waals surface area contributed by atoms with Gasteiger partial charge in [-0.3, -0.25) is 0 Å². The van der Waals surface area contributed by atoms with E-state index in [-0.39, 0.29) is 11.9 Å². The highest BCUT2D eigenvalue weighted by Gasteiger charge is 2.21. The van der Waals surface area contributed by atoms with Gasteiger partial charge in [-0.2, -0.15) is 0 Å². The third-order valence-corrected chi connectivity index (χ3v) is 4.23. The maximum Gasteiger partial charge on any atom is 0.125 e. The molecule has 2 rings (SSSR count). The summed E-state index contributed by atoms with van der Waals surface area (Å²) in [6.45, 7) is 3.11. The second-order valence-corrected chi connectivity index (χ2v) is 6.01. The van der Waals surface area contributed by atoms with E-state index >= 15 is 0 Å². The summed E-state index contributed by atoms with van der Waals surface area (Å²) < 4.78 is 14.4. The minimum absolute atomic E-state index is 0.109. The Bertz CT molecular complexity index is 621. The Morgan fingerprint density at radius 2 is 2.05 bits per heavy atom. The molecule has 0 aromatic heterocycles. The fourth-order valence-corrected chi connectivity index (χ4v) is 3.05. The standard InChI is InChI=1S/C16H17BrClFN2/c1-2-21(13-5-3-4-12(19)9-13)16(10-20)14-8-11(17)6-7-15(14)18/h3-9,16H,2,10,20H2,1H3. The third kappa shape index (κ3) is 3.76. The summed E-state index contributed by atoms with van der Waals surface area (Å²) in [5.41, 5.74) is 7.69. The van der Waals surface area contributed by atoms with Gasteiger partial charge in [-0.15, -0.1) is 0 Å². The normalized spacial score (nSPS) is 12.2. The Hall–Kier alpha value is -1.10. The average molecular weight is 372 g/mol. The molecule has 2 aromatic rings. The lowest BCUT2D eigenvalue weighted by atomic mass is 10.0. The third-order valence-electron chi connectivity index (χ3n) is 3.40. The number of hydrogen-bond donors (Lipinski definition) is 1. The Labute approximate surface area is 137 Å². The summed E-state index contributed by atoms with van der Waals surface area (Å²) in [5, 5.41) is 0.656. The first-order valence-corrected chi connectivity index (χ1v) is 7.91. The number of benzene rings is 2. The van der Waals surface area contributed by atoms with Crippen molar-refractivity contribution in [2.75, 3.05) is 18.0 Å². The second kappa shape index (κ2) is 7.25. The first kappa shape index (κ1) is 16.3. The van der Waals surface area contributed by atoms with Crippen molar-refractivity contribution in [3.8, 4) is 0 Å². The molecule has 0 radical (unpaired) electrons. The zero-order chi connectivity index (χ0) is 15.4. The molecular formula is C16H17BrClFN2. The number of anilines is 1. The van der Waals surface area contributed by atoms with E-state index < -0.39 is 0 Å². The van der Waals surface area contributed by atoms with Crippen LogP contribution in [0.4, 0.5) is 10.1 Å². The number of halogens is 3. The van der Waals surface area contributed by atoms with E-state index in [2.05, 4.69) is 20.8 Å². The molecule has 2 nitrogen and oxygen atoms in total. The maximum absolute atomic E-state index is 13.5. The molecule has 0 fully saturated rings. The molecular weight excluding hydrogens is 355 g/mol. The predicted octanol–water partition coefficient (Wildman–Crippen LogP) is 4.77. The van der Waals surface area contributed by atoms with Crippen LogP contribution >= 0.6 is 27.5 Å². The highest BCUT2D eigenvalue weighted by atomic mass is 79.9. The van der Waals surface area contributed by atoms with Gasteiger partial charge in [-0.1, -0.05) is 33.6 Å². The molecule has 1 atom stereocenters. The van der Waals surface area contributed by atoms with Crippen molar-refractivity contribution in [2.24, 2.45) is 5.73 Å². The molecule has 0 saturated carbocycles. The smallest absolute Gasteiger partial charge is 0.125 e. The Morgan fingerprint density at radius 3 is 2.67 bits per heavy atom. The van der Waals surface area contributed by atoms with Gasteiger partial charge in [0.15, 0.2) is 0 Å². The maximum atomic E-state index is 13.5. The average Bonchev–Trinajstić information content (AvgIpc) is 2.47. The van der Waals surface area contributed by atoms with E-state index in [0.29, 0.717) is 18.1 Å². The van der Waals surface area contributed by atoms with Crippen molar-refractivity contribution < 1.29 is 4.39 Å². The number of rotatable bonds is 5. The fraction of sp³-hybridized carbons (Fsp3) is 0.250. The van der Waals surface area contributed by atoms with E-state index in [1.54, 1.807) is 6.07 Å². The van der Waals surface area contributed by atoms with Crippen LogP contribution in [-0.4, -0.2) is 13.1 Å². The van der Waals surface area contributed by atoms with Gasteiger partial charge >= 0.3 is 0 Å². The largest absolute Gasteiger partial charge is 0.363 e. The number of nitrogens with two attached hydrogens (primary N) is 1. The summed E-state index contributed by atoms with van der Waals surface area (Å²) in [7, 11) is 0.